The predicted molar refractivity (Wildman–Crippen MR) is 85.2 cm³/mol. The minimum absolute atomic E-state index is 0.163. The maximum atomic E-state index is 11.6. The molecule has 0 aromatic heterocycles. The van der Waals surface area contributed by atoms with Crippen LogP contribution in [-0.4, -0.2) is 19.3 Å². The van der Waals surface area contributed by atoms with Crippen LogP contribution in [0.1, 0.15) is 71.1 Å². The highest BCUT2D eigenvalue weighted by atomic mass is 16.5. The Morgan fingerprint density at radius 2 is 1.50 bits per heavy atom. The first-order valence-corrected chi connectivity index (χ1v) is 8.66. The molecule has 0 N–H and O–H groups in total. The van der Waals surface area contributed by atoms with Gasteiger partial charge in [-0.3, -0.25) is 0 Å². The molecule has 2 aliphatic carbocycles. The third-order valence-corrected chi connectivity index (χ3v) is 5.13. The molecule has 2 fully saturated rings. The number of ether oxygens (including phenoxy) is 1. The van der Waals surface area contributed by atoms with E-state index in [9.17, 15) is 4.79 Å². The first-order valence-electron chi connectivity index (χ1n) is 8.66. The Morgan fingerprint density at radius 3 is 1.95 bits per heavy atom. The molecule has 2 nitrogen and oxygen atoms in total. The second kappa shape index (κ2) is 8.54. The van der Waals surface area contributed by atoms with E-state index < -0.39 is 0 Å². The van der Waals surface area contributed by atoms with Gasteiger partial charge in [-0.05, 0) is 6.92 Å². The van der Waals surface area contributed by atoms with Crippen molar-refractivity contribution in [2.45, 2.75) is 82.8 Å². The number of carbonyl (C=O) groups excluding carboxylic acids is 1. The lowest BCUT2D eigenvalue weighted by Gasteiger charge is -2.33. The van der Waals surface area contributed by atoms with E-state index in [1.54, 1.807) is 6.08 Å². The van der Waals surface area contributed by atoms with Crippen LogP contribution in [0, 0.1) is 0 Å². The van der Waals surface area contributed by atoms with Crippen molar-refractivity contribution in [3.8, 4) is 0 Å². The van der Waals surface area contributed by atoms with Gasteiger partial charge in [0.2, 0.25) is 0 Å². The minimum Gasteiger partial charge on any atom is -0.463 e. The Labute approximate surface area is 124 Å². The van der Waals surface area contributed by atoms with Gasteiger partial charge in [-0.15, -0.1) is 5.98 Å². The summed E-state index contributed by atoms with van der Waals surface area (Å²) >= 11 is 0. The summed E-state index contributed by atoms with van der Waals surface area (Å²) < 4.78 is 5.04. The van der Waals surface area contributed by atoms with Gasteiger partial charge in [0.15, 0.2) is 6.71 Å². The van der Waals surface area contributed by atoms with Crippen molar-refractivity contribution < 1.29 is 9.53 Å². The van der Waals surface area contributed by atoms with E-state index in [1.807, 2.05) is 6.92 Å². The van der Waals surface area contributed by atoms with Crippen molar-refractivity contribution in [3.05, 3.63) is 12.1 Å². The zero-order valence-electron chi connectivity index (χ0n) is 13.0. The highest BCUT2D eigenvalue weighted by Crippen LogP contribution is 2.41. The molecule has 0 amide bonds. The monoisotopic (exact) mass is 276 g/mol. The molecule has 0 bridgehead atoms. The Balaban J connectivity index is 1.99. The van der Waals surface area contributed by atoms with Gasteiger partial charge in [-0.1, -0.05) is 75.8 Å². The zero-order valence-corrected chi connectivity index (χ0v) is 13.0. The molecule has 0 aromatic carbocycles. The summed E-state index contributed by atoms with van der Waals surface area (Å²) in [5.74, 6) is 3.64. The second-order valence-corrected chi connectivity index (χ2v) is 6.48. The maximum Gasteiger partial charge on any atom is 0.329 e. The van der Waals surface area contributed by atoms with Crippen LogP contribution < -0.4 is 0 Å². The van der Waals surface area contributed by atoms with Gasteiger partial charge < -0.3 is 4.74 Å². The van der Waals surface area contributed by atoms with Crippen LogP contribution in [0.15, 0.2) is 12.1 Å². The summed E-state index contributed by atoms with van der Waals surface area (Å²) in [6.07, 6.45) is 15.4. The van der Waals surface area contributed by atoms with E-state index in [0.717, 1.165) is 11.6 Å². The molecule has 20 heavy (non-hydrogen) atoms. The lowest BCUT2D eigenvalue weighted by molar-refractivity contribution is -0.137. The first-order chi connectivity index (χ1) is 9.81. The van der Waals surface area contributed by atoms with Crippen molar-refractivity contribution in [2.24, 2.45) is 0 Å². The molecule has 0 saturated heterocycles. The first kappa shape index (κ1) is 15.7. The largest absolute Gasteiger partial charge is 0.463 e. The Kier molecular flexibility index (Phi) is 6.68. The van der Waals surface area contributed by atoms with E-state index in [4.69, 9.17) is 4.74 Å². The van der Waals surface area contributed by atoms with Crippen molar-refractivity contribution in [3.63, 3.8) is 0 Å². The summed E-state index contributed by atoms with van der Waals surface area (Å²) in [6.45, 7) is 2.95. The van der Waals surface area contributed by atoms with Gasteiger partial charge in [0, 0.05) is 6.08 Å². The maximum absolute atomic E-state index is 11.6. The Hall–Kier alpha value is -0.725. The number of rotatable bonds is 5. The van der Waals surface area contributed by atoms with Crippen LogP contribution in [0.25, 0.3) is 0 Å². The summed E-state index contributed by atoms with van der Waals surface area (Å²) in [5, 5.41) is 0. The van der Waals surface area contributed by atoms with Crippen molar-refractivity contribution in [2.75, 3.05) is 6.61 Å². The molecular formula is C17H29BO2. The van der Waals surface area contributed by atoms with Crippen LogP contribution >= 0.6 is 0 Å². The molecule has 2 aliphatic rings. The fourth-order valence-corrected chi connectivity index (χ4v) is 4.12. The second-order valence-electron chi connectivity index (χ2n) is 6.48. The average molecular weight is 276 g/mol. The fraction of sp³-hybridized carbons (Fsp3) is 0.824. The normalized spacial score (nSPS) is 22.1. The molecule has 0 unspecified atom stereocenters. The van der Waals surface area contributed by atoms with Gasteiger partial charge in [0.05, 0.1) is 6.61 Å². The Morgan fingerprint density at radius 1 is 1.00 bits per heavy atom. The summed E-state index contributed by atoms with van der Waals surface area (Å²) in [7, 11) is 0. The fourth-order valence-electron chi connectivity index (χ4n) is 4.12. The van der Waals surface area contributed by atoms with Crippen LogP contribution in [0.4, 0.5) is 0 Å². The molecule has 3 heteroatoms. The van der Waals surface area contributed by atoms with Gasteiger partial charge in [0.25, 0.3) is 0 Å². The lowest BCUT2D eigenvalue weighted by atomic mass is 9.30. The molecule has 2 rings (SSSR count). The van der Waals surface area contributed by atoms with E-state index in [2.05, 4.69) is 5.98 Å². The van der Waals surface area contributed by atoms with E-state index in [0.29, 0.717) is 13.3 Å². The summed E-state index contributed by atoms with van der Waals surface area (Å²) in [4.78, 5) is 11.6. The van der Waals surface area contributed by atoms with Crippen molar-refractivity contribution >= 4 is 12.7 Å². The molecule has 0 radical (unpaired) electrons. The van der Waals surface area contributed by atoms with Crippen LogP contribution in [0.5, 0.6) is 0 Å². The number of carbonyl (C=O) groups is 1. The molecule has 0 spiro atoms. The minimum atomic E-state index is -0.163. The average Bonchev–Trinajstić information content (AvgIpc) is 2.50. The SMILES string of the molecule is CCOC(=O)/C=C/B(C1CCCCC1)C1CCCCC1. The zero-order chi connectivity index (χ0) is 14.2. The van der Waals surface area contributed by atoms with Crippen LogP contribution in [0.2, 0.25) is 11.6 Å². The van der Waals surface area contributed by atoms with E-state index in [1.165, 1.54) is 64.2 Å². The third-order valence-electron chi connectivity index (χ3n) is 5.13. The van der Waals surface area contributed by atoms with Gasteiger partial charge >= 0.3 is 5.97 Å². The highest BCUT2D eigenvalue weighted by Gasteiger charge is 2.32. The lowest BCUT2D eigenvalue weighted by Crippen LogP contribution is -2.28. The third kappa shape index (κ3) is 4.68. The van der Waals surface area contributed by atoms with Crippen LogP contribution in [-0.2, 0) is 9.53 Å². The Bertz CT molecular complexity index is 297. The molecule has 0 atom stereocenters. The van der Waals surface area contributed by atoms with Gasteiger partial charge in [0.1, 0.15) is 0 Å². The van der Waals surface area contributed by atoms with E-state index >= 15 is 0 Å². The summed E-state index contributed by atoms with van der Waals surface area (Å²) in [6, 6.07) is 0. The van der Waals surface area contributed by atoms with Crippen molar-refractivity contribution in [1.82, 2.24) is 0 Å². The molecular weight excluding hydrogens is 247 g/mol. The van der Waals surface area contributed by atoms with Gasteiger partial charge in [-0.2, -0.15) is 0 Å². The smallest absolute Gasteiger partial charge is 0.329 e. The molecule has 112 valence electrons. The molecule has 2 saturated carbocycles. The number of hydrogen-bond acceptors (Lipinski definition) is 2. The topological polar surface area (TPSA) is 26.3 Å². The quantitative estimate of drug-likeness (QED) is 0.409. The summed E-state index contributed by atoms with van der Waals surface area (Å²) in [5.41, 5.74) is 0. The van der Waals surface area contributed by atoms with Crippen molar-refractivity contribution in [1.29, 1.82) is 0 Å². The molecule has 0 aromatic rings. The number of esters is 1. The van der Waals surface area contributed by atoms with Crippen LogP contribution in [0.3, 0.4) is 0 Å². The predicted octanol–water partition coefficient (Wildman–Crippen LogP) is 4.81. The van der Waals surface area contributed by atoms with Gasteiger partial charge in [-0.25, -0.2) is 4.79 Å². The molecule has 0 heterocycles. The molecule has 0 aliphatic heterocycles. The standard InChI is InChI=1S/C17H29BO2/c1-2-20-17(19)13-14-18(15-9-5-3-6-10-15)16-11-7-4-8-12-16/h13-16H,2-12H2,1H3/b14-13+. The van der Waals surface area contributed by atoms with E-state index in [-0.39, 0.29) is 5.97 Å². The number of hydrogen-bond donors (Lipinski definition) is 0. The highest BCUT2D eigenvalue weighted by molar-refractivity contribution is 6.67.